The maximum Gasteiger partial charge on any atom is 0.322 e. The minimum atomic E-state index is 0.263. The molecule has 0 aliphatic rings. The number of ether oxygens (including phenoxy) is 1. The number of hydrogen-bond donors (Lipinski definition) is 2. The summed E-state index contributed by atoms with van der Waals surface area (Å²) in [5.41, 5.74) is 1.90. The zero-order valence-electron chi connectivity index (χ0n) is 11.1. The average Bonchev–Trinajstić information content (AvgIpc) is 2.44. The molecule has 0 aromatic carbocycles. The number of methoxy groups -OCH3 is 1. The van der Waals surface area contributed by atoms with Crippen LogP contribution >= 0.6 is 0 Å². The predicted molar refractivity (Wildman–Crippen MR) is 72.2 cm³/mol. The molecule has 19 heavy (non-hydrogen) atoms. The molecule has 0 saturated heterocycles. The van der Waals surface area contributed by atoms with Gasteiger partial charge in [-0.25, -0.2) is 0 Å². The Hall–Kier alpha value is -2.44. The van der Waals surface area contributed by atoms with Gasteiger partial charge in [0.15, 0.2) is 0 Å². The first-order valence-corrected chi connectivity index (χ1v) is 5.85. The minimum Gasteiger partial charge on any atom is -0.467 e. The number of rotatable bonds is 5. The van der Waals surface area contributed by atoms with E-state index in [0.29, 0.717) is 18.4 Å². The molecule has 0 radical (unpaired) electrons. The van der Waals surface area contributed by atoms with Crippen molar-refractivity contribution in [3.05, 3.63) is 29.6 Å². The molecule has 0 amide bonds. The number of pyridine rings is 1. The second-order valence-electron chi connectivity index (χ2n) is 3.84. The standard InChI is InChI=1S/C12H16N6O/c1-8-5-4-6-9(15-8)7-14-11-16-10(13-2)17-12(18-11)19-3/h4-6H,7H2,1-3H3,(H2,13,14,16,17,18). The summed E-state index contributed by atoms with van der Waals surface area (Å²) in [6.45, 7) is 2.49. The molecule has 0 unspecified atom stereocenters. The monoisotopic (exact) mass is 260 g/mol. The summed E-state index contributed by atoms with van der Waals surface area (Å²) in [7, 11) is 3.25. The first-order chi connectivity index (χ1) is 9.21. The lowest BCUT2D eigenvalue weighted by molar-refractivity contribution is 0.379. The average molecular weight is 260 g/mol. The van der Waals surface area contributed by atoms with Crippen molar-refractivity contribution in [2.45, 2.75) is 13.5 Å². The first-order valence-electron chi connectivity index (χ1n) is 5.85. The molecule has 0 aliphatic carbocycles. The number of aryl methyl sites for hydroxylation is 1. The highest BCUT2D eigenvalue weighted by atomic mass is 16.5. The molecule has 100 valence electrons. The molecule has 2 N–H and O–H groups in total. The van der Waals surface area contributed by atoms with E-state index in [0.717, 1.165) is 11.4 Å². The maximum absolute atomic E-state index is 5.01. The summed E-state index contributed by atoms with van der Waals surface area (Å²) in [5, 5.41) is 5.94. The molecule has 0 fully saturated rings. The molecule has 0 spiro atoms. The van der Waals surface area contributed by atoms with Gasteiger partial charge in [0.05, 0.1) is 19.3 Å². The normalized spacial score (nSPS) is 10.1. The van der Waals surface area contributed by atoms with Crippen molar-refractivity contribution in [1.29, 1.82) is 0 Å². The van der Waals surface area contributed by atoms with Crippen LogP contribution in [0, 0.1) is 6.92 Å². The van der Waals surface area contributed by atoms with Gasteiger partial charge in [0.2, 0.25) is 11.9 Å². The molecule has 2 aromatic rings. The molecular formula is C12H16N6O. The Labute approximate surface area is 111 Å². The third-order valence-electron chi connectivity index (χ3n) is 2.39. The van der Waals surface area contributed by atoms with Crippen LogP contribution in [0.3, 0.4) is 0 Å². The zero-order chi connectivity index (χ0) is 13.7. The molecule has 2 rings (SSSR count). The Morgan fingerprint density at radius 1 is 1.11 bits per heavy atom. The van der Waals surface area contributed by atoms with Crippen LogP contribution in [-0.4, -0.2) is 34.1 Å². The van der Waals surface area contributed by atoms with Gasteiger partial charge >= 0.3 is 6.01 Å². The van der Waals surface area contributed by atoms with Gasteiger partial charge in [0, 0.05) is 12.7 Å². The van der Waals surface area contributed by atoms with Crippen LogP contribution < -0.4 is 15.4 Å². The summed E-state index contributed by atoms with van der Waals surface area (Å²) in [4.78, 5) is 16.7. The topological polar surface area (TPSA) is 84.9 Å². The summed E-state index contributed by atoms with van der Waals surface area (Å²) in [5.74, 6) is 0.894. The fourth-order valence-corrected chi connectivity index (χ4v) is 1.51. The lowest BCUT2D eigenvalue weighted by Crippen LogP contribution is -2.09. The largest absolute Gasteiger partial charge is 0.467 e. The van der Waals surface area contributed by atoms with Crippen molar-refractivity contribution in [2.24, 2.45) is 0 Å². The van der Waals surface area contributed by atoms with Crippen LogP contribution in [-0.2, 0) is 6.54 Å². The van der Waals surface area contributed by atoms with E-state index in [-0.39, 0.29) is 6.01 Å². The highest BCUT2D eigenvalue weighted by molar-refractivity contribution is 5.35. The van der Waals surface area contributed by atoms with Crippen molar-refractivity contribution >= 4 is 11.9 Å². The maximum atomic E-state index is 5.01. The van der Waals surface area contributed by atoms with E-state index >= 15 is 0 Å². The Bertz CT molecular complexity index is 537. The lowest BCUT2D eigenvalue weighted by Gasteiger charge is -2.07. The van der Waals surface area contributed by atoms with Gasteiger partial charge < -0.3 is 15.4 Å². The Morgan fingerprint density at radius 3 is 2.58 bits per heavy atom. The van der Waals surface area contributed by atoms with E-state index in [9.17, 15) is 0 Å². The quantitative estimate of drug-likeness (QED) is 0.836. The van der Waals surface area contributed by atoms with Crippen LogP contribution in [0.2, 0.25) is 0 Å². The van der Waals surface area contributed by atoms with Gasteiger partial charge in [-0.3, -0.25) is 4.98 Å². The number of anilines is 2. The van der Waals surface area contributed by atoms with Gasteiger partial charge in [-0.05, 0) is 19.1 Å². The Morgan fingerprint density at radius 2 is 1.89 bits per heavy atom. The first kappa shape index (κ1) is 13.0. The van der Waals surface area contributed by atoms with Gasteiger partial charge in [0.1, 0.15) is 0 Å². The highest BCUT2D eigenvalue weighted by Crippen LogP contribution is 2.11. The van der Waals surface area contributed by atoms with Crippen LogP contribution in [0.1, 0.15) is 11.4 Å². The van der Waals surface area contributed by atoms with Crippen LogP contribution in [0.25, 0.3) is 0 Å². The summed E-state index contributed by atoms with van der Waals surface area (Å²) in [6, 6.07) is 6.12. The fraction of sp³-hybridized carbons (Fsp3) is 0.333. The van der Waals surface area contributed by atoms with E-state index in [4.69, 9.17) is 4.74 Å². The van der Waals surface area contributed by atoms with Gasteiger partial charge in [0.25, 0.3) is 0 Å². The summed E-state index contributed by atoms with van der Waals surface area (Å²) >= 11 is 0. The molecular weight excluding hydrogens is 244 g/mol. The molecule has 7 nitrogen and oxygen atoms in total. The SMILES string of the molecule is CNc1nc(NCc2cccc(C)n2)nc(OC)n1. The van der Waals surface area contributed by atoms with Crippen molar-refractivity contribution in [1.82, 2.24) is 19.9 Å². The van der Waals surface area contributed by atoms with Crippen LogP contribution in [0.15, 0.2) is 18.2 Å². The Balaban J connectivity index is 2.10. The van der Waals surface area contributed by atoms with Gasteiger partial charge in [-0.15, -0.1) is 0 Å². The molecule has 2 heterocycles. The van der Waals surface area contributed by atoms with Gasteiger partial charge in [-0.2, -0.15) is 15.0 Å². The van der Waals surface area contributed by atoms with Crippen molar-refractivity contribution < 1.29 is 4.74 Å². The van der Waals surface area contributed by atoms with E-state index in [1.54, 1.807) is 7.05 Å². The van der Waals surface area contributed by atoms with Crippen LogP contribution in [0.5, 0.6) is 6.01 Å². The third kappa shape index (κ3) is 3.51. The second kappa shape index (κ2) is 5.94. The number of nitrogens with zero attached hydrogens (tertiary/aromatic N) is 4. The fourth-order valence-electron chi connectivity index (χ4n) is 1.51. The lowest BCUT2D eigenvalue weighted by atomic mass is 10.3. The van der Waals surface area contributed by atoms with Crippen molar-refractivity contribution in [3.8, 4) is 6.01 Å². The van der Waals surface area contributed by atoms with E-state index in [1.807, 2.05) is 25.1 Å². The Kier molecular flexibility index (Phi) is 4.07. The predicted octanol–water partition coefficient (Wildman–Crippen LogP) is 1.24. The summed E-state index contributed by atoms with van der Waals surface area (Å²) in [6.07, 6.45) is 0. The molecule has 7 heteroatoms. The molecule has 0 saturated carbocycles. The number of aromatic nitrogens is 4. The molecule has 0 atom stereocenters. The second-order valence-corrected chi connectivity index (χ2v) is 3.84. The van der Waals surface area contributed by atoms with Crippen molar-refractivity contribution in [3.63, 3.8) is 0 Å². The van der Waals surface area contributed by atoms with Crippen LogP contribution in [0.4, 0.5) is 11.9 Å². The highest BCUT2D eigenvalue weighted by Gasteiger charge is 2.05. The molecule has 0 bridgehead atoms. The number of hydrogen-bond acceptors (Lipinski definition) is 7. The summed E-state index contributed by atoms with van der Waals surface area (Å²) < 4.78 is 5.01. The van der Waals surface area contributed by atoms with Crippen molar-refractivity contribution in [2.75, 3.05) is 24.8 Å². The van der Waals surface area contributed by atoms with Gasteiger partial charge in [-0.1, -0.05) is 6.07 Å². The molecule has 2 aromatic heterocycles. The van der Waals surface area contributed by atoms with E-state index in [1.165, 1.54) is 7.11 Å². The number of nitrogens with one attached hydrogen (secondary N) is 2. The van der Waals surface area contributed by atoms with E-state index in [2.05, 4.69) is 30.6 Å². The zero-order valence-corrected chi connectivity index (χ0v) is 11.1. The third-order valence-corrected chi connectivity index (χ3v) is 2.39. The van der Waals surface area contributed by atoms with E-state index < -0.39 is 0 Å². The molecule has 0 aliphatic heterocycles. The minimum absolute atomic E-state index is 0.263. The smallest absolute Gasteiger partial charge is 0.322 e.